The molecule has 1 saturated heterocycles. The van der Waals surface area contributed by atoms with Crippen molar-refractivity contribution in [1.29, 1.82) is 0 Å². The van der Waals surface area contributed by atoms with Gasteiger partial charge in [-0.3, -0.25) is 4.79 Å². The molecule has 0 aromatic heterocycles. The number of benzene rings is 1. The lowest BCUT2D eigenvalue weighted by Gasteiger charge is -2.32. The van der Waals surface area contributed by atoms with Crippen LogP contribution >= 0.6 is 12.4 Å². The summed E-state index contributed by atoms with van der Waals surface area (Å²) in [5.41, 5.74) is 0.820. The molecule has 0 radical (unpaired) electrons. The van der Waals surface area contributed by atoms with Crippen LogP contribution in [-0.4, -0.2) is 18.5 Å². The monoisotopic (exact) mass is 342 g/mol. The van der Waals surface area contributed by atoms with Crippen molar-refractivity contribution in [3.8, 4) is 0 Å². The molecular formula is C18H28ClFN2O. The molecule has 2 N–H and O–H groups in total. The Morgan fingerprint density at radius 3 is 2.52 bits per heavy atom. The molecule has 0 aliphatic carbocycles. The number of hydrogen-bond donors (Lipinski definition) is 2. The number of amides is 1. The number of hydrogen-bond acceptors (Lipinski definition) is 2. The molecule has 0 bridgehead atoms. The smallest absolute Gasteiger partial charge is 0.220 e. The maximum atomic E-state index is 13.1. The van der Waals surface area contributed by atoms with Crippen LogP contribution in [0.4, 0.5) is 4.39 Å². The Bertz CT molecular complexity index is 493. The highest BCUT2D eigenvalue weighted by atomic mass is 35.5. The molecule has 1 aromatic carbocycles. The zero-order valence-electron chi connectivity index (χ0n) is 14.2. The van der Waals surface area contributed by atoms with Gasteiger partial charge in [-0.1, -0.05) is 32.9 Å². The molecule has 1 fully saturated rings. The Morgan fingerprint density at radius 1 is 1.35 bits per heavy atom. The highest BCUT2D eigenvalue weighted by Crippen LogP contribution is 2.33. The van der Waals surface area contributed by atoms with Gasteiger partial charge < -0.3 is 10.6 Å². The maximum Gasteiger partial charge on any atom is 0.220 e. The van der Waals surface area contributed by atoms with Crippen LogP contribution in [-0.2, 0) is 4.79 Å². The number of carbonyl (C=O) groups excluding carboxylic acids is 1. The van der Waals surface area contributed by atoms with Gasteiger partial charge in [-0.15, -0.1) is 12.4 Å². The minimum absolute atomic E-state index is 0. The second-order valence-electron chi connectivity index (χ2n) is 7.25. The lowest BCUT2D eigenvalue weighted by atomic mass is 9.82. The number of halogens is 2. The standard InChI is InChI=1S/C18H27FN2O.ClH/c1-18(2,3)17(13-6-8-14(19)9-7-13)21-16(22)11-10-15-5-4-12-20-15;/h6-9,15,17,20H,4-5,10-12H2,1-3H3,(H,21,22);1H. The third kappa shape index (κ3) is 6.11. The Hall–Kier alpha value is -1.13. The lowest BCUT2D eigenvalue weighted by Crippen LogP contribution is -2.37. The van der Waals surface area contributed by atoms with E-state index in [1.165, 1.54) is 18.6 Å². The van der Waals surface area contributed by atoms with Gasteiger partial charge in [0.05, 0.1) is 6.04 Å². The molecule has 0 saturated carbocycles. The summed E-state index contributed by atoms with van der Waals surface area (Å²) >= 11 is 0. The second kappa shape index (κ2) is 8.65. The molecule has 23 heavy (non-hydrogen) atoms. The van der Waals surface area contributed by atoms with Crippen molar-refractivity contribution < 1.29 is 9.18 Å². The molecule has 0 spiro atoms. The van der Waals surface area contributed by atoms with Crippen molar-refractivity contribution in [2.24, 2.45) is 5.41 Å². The van der Waals surface area contributed by atoms with Crippen LogP contribution in [0.3, 0.4) is 0 Å². The molecule has 1 aliphatic heterocycles. The fourth-order valence-corrected chi connectivity index (χ4v) is 3.00. The van der Waals surface area contributed by atoms with Crippen LogP contribution in [0, 0.1) is 11.2 Å². The first kappa shape index (κ1) is 19.9. The largest absolute Gasteiger partial charge is 0.349 e. The molecular weight excluding hydrogens is 315 g/mol. The molecule has 5 heteroatoms. The van der Waals surface area contributed by atoms with Crippen molar-refractivity contribution in [1.82, 2.24) is 10.6 Å². The predicted octanol–water partition coefficient (Wildman–Crippen LogP) is 3.98. The first-order valence-electron chi connectivity index (χ1n) is 8.14. The molecule has 1 aliphatic rings. The van der Waals surface area contributed by atoms with Gasteiger partial charge in [0.25, 0.3) is 0 Å². The Labute approximate surface area is 144 Å². The van der Waals surface area contributed by atoms with E-state index in [-0.39, 0.29) is 35.6 Å². The SMILES string of the molecule is CC(C)(C)C(NC(=O)CCC1CCCN1)c1ccc(F)cc1.Cl. The predicted molar refractivity (Wildman–Crippen MR) is 94.2 cm³/mol. The average Bonchev–Trinajstić information content (AvgIpc) is 2.96. The van der Waals surface area contributed by atoms with Crippen molar-refractivity contribution in [3.05, 3.63) is 35.6 Å². The van der Waals surface area contributed by atoms with Crippen molar-refractivity contribution in [2.45, 2.75) is 58.5 Å². The van der Waals surface area contributed by atoms with E-state index in [2.05, 4.69) is 31.4 Å². The molecule has 2 atom stereocenters. The Balaban J connectivity index is 0.00000264. The summed E-state index contributed by atoms with van der Waals surface area (Å²) in [6.45, 7) is 7.31. The normalized spacial score (nSPS) is 19.0. The molecule has 130 valence electrons. The van der Waals surface area contributed by atoms with Gasteiger partial charge >= 0.3 is 0 Å². The van der Waals surface area contributed by atoms with Gasteiger partial charge in [-0.05, 0) is 48.9 Å². The first-order chi connectivity index (χ1) is 10.4. The minimum Gasteiger partial charge on any atom is -0.349 e. The summed E-state index contributed by atoms with van der Waals surface area (Å²) in [7, 11) is 0. The molecule has 1 amide bonds. The zero-order chi connectivity index (χ0) is 16.2. The lowest BCUT2D eigenvalue weighted by molar-refractivity contribution is -0.122. The van der Waals surface area contributed by atoms with Crippen molar-refractivity contribution in [3.63, 3.8) is 0 Å². The van der Waals surface area contributed by atoms with Crippen LogP contribution in [0.25, 0.3) is 0 Å². The van der Waals surface area contributed by atoms with Crippen LogP contribution in [0.15, 0.2) is 24.3 Å². The van der Waals surface area contributed by atoms with E-state index in [1.54, 1.807) is 12.1 Å². The Morgan fingerprint density at radius 2 is 2.00 bits per heavy atom. The fourth-order valence-electron chi connectivity index (χ4n) is 3.00. The highest BCUT2D eigenvalue weighted by molar-refractivity contribution is 5.85. The van der Waals surface area contributed by atoms with Gasteiger partial charge in [0.2, 0.25) is 5.91 Å². The molecule has 2 unspecified atom stereocenters. The van der Waals surface area contributed by atoms with Crippen molar-refractivity contribution in [2.75, 3.05) is 6.54 Å². The van der Waals surface area contributed by atoms with E-state index in [4.69, 9.17) is 0 Å². The minimum atomic E-state index is -0.255. The quantitative estimate of drug-likeness (QED) is 0.849. The second-order valence-corrected chi connectivity index (χ2v) is 7.25. The summed E-state index contributed by atoms with van der Waals surface area (Å²) < 4.78 is 13.1. The van der Waals surface area contributed by atoms with E-state index >= 15 is 0 Å². The maximum absolute atomic E-state index is 13.1. The zero-order valence-corrected chi connectivity index (χ0v) is 15.0. The van der Waals surface area contributed by atoms with Crippen LogP contribution in [0.2, 0.25) is 0 Å². The molecule has 3 nitrogen and oxygen atoms in total. The third-order valence-corrected chi connectivity index (χ3v) is 4.26. The van der Waals surface area contributed by atoms with E-state index < -0.39 is 0 Å². The summed E-state index contributed by atoms with van der Waals surface area (Å²) in [4.78, 5) is 12.3. The van der Waals surface area contributed by atoms with Crippen molar-refractivity contribution >= 4 is 18.3 Å². The van der Waals surface area contributed by atoms with E-state index in [1.807, 2.05) is 0 Å². The average molecular weight is 343 g/mol. The summed E-state index contributed by atoms with van der Waals surface area (Å²) in [6, 6.07) is 6.77. The summed E-state index contributed by atoms with van der Waals surface area (Å²) in [5, 5.41) is 6.54. The van der Waals surface area contributed by atoms with Crippen LogP contribution in [0.1, 0.15) is 58.1 Å². The van der Waals surface area contributed by atoms with Gasteiger partial charge in [-0.2, -0.15) is 0 Å². The van der Waals surface area contributed by atoms with Gasteiger partial charge in [0.1, 0.15) is 5.82 Å². The van der Waals surface area contributed by atoms with Gasteiger partial charge in [0, 0.05) is 12.5 Å². The number of nitrogens with one attached hydrogen (secondary N) is 2. The van der Waals surface area contributed by atoms with Crippen LogP contribution in [0.5, 0.6) is 0 Å². The highest BCUT2D eigenvalue weighted by Gasteiger charge is 2.28. The first-order valence-corrected chi connectivity index (χ1v) is 8.14. The van der Waals surface area contributed by atoms with E-state index in [9.17, 15) is 9.18 Å². The van der Waals surface area contributed by atoms with Crippen LogP contribution < -0.4 is 10.6 Å². The molecule has 2 rings (SSSR count). The van der Waals surface area contributed by atoms with Gasteiger partial charge in [-0.25, -0.2) is 4.39 Å². The van der Waals surface area contributed by atoms with Gasteiger partial charge in [0.15, 0.2) is 0 Å². The number of rotatable bonds is 5. The fraction of sp³-hybridized carbons (Fsp3) is 0.611. The third-order valence-electron chi connectivity index (χ3n) is 4.26. The van der Waals surface area contributed by atoms with E-state index in [0.717, 1.165) is 24.9 Å². The summed E-state index contributed by atoms with van der Waals surface area (Å²) in [5.74, 6) is -0.187. The topological polar surface area (TPSA) is 41.1 Å². The summed E-state index contributed by atoms with van der Waals surface area (Å²) in [6.07, 6.45) is 3.78. The van der Waals surface area contributed by atoms with E-state index in [0.29, 0.717) is 12.5 Å². The molecule has 1 heterocycles. The molecule has 1 aromatic rings. The number of carbonyl (C=O) groups is 1. The Kier molecular flexibility index (Phi) is 7.49.